The van der Waals surface area contributed by atoms with E-state index in [1.54, 1.807) is 12.3 Å². The normalized spacial score (nSPS) is 10.9. The molecule has 0 unspecified atom stereocenters. The Hall–Kier alpha value is -1.78. The topological polar surface area (TPSA) is 42.2 Å². The van der Waals surface area contributed by atoms with Gasteiger partial charge in [-0.1, -0.05) is 18.2 Å². The highest BCUT2D eigenvalue weighted by atomic mass is 19.1. The van der Waals surface area contributed by atoms with E-state index in [1.165, 1.54) is 6.07 Å². The lowest BCUT2D eigenvalue weighted by Gasteiger charge is -2.17. The number of hydrogen-bond acceptors (Lipinski definition) is 3. The maximum absolute atomic E-state index is 13.8. The van der Waals surface area contributed by atoms with E-state index in [0.29, 0.717) is 18.7 Å². The molecule has 19 heavy (non-hydrogen) atoms. The van der Waals surface area contributed by atoms with E-state index in [0.717, 1.165) is 17.7 Å². The van der Waals surface area contributed by atoms with E-state index in [-0.39, 0.29) is 5.82 Å². The highest BCUT2D eigenvalue weighted by Gasteiger charge is 2.07. The summed E-state index contributed by atoms with van der Waals surface area (Å²) in [5.74, 6) is -0.194. The summed E-state index contributed by atoms with van der Waals surface area (Å²) in [6.45, 7) is 1.67. The molecular formula is C15H18FN3. The number of benzene rings is 1. The first-order valence-corrected chi connectivity index (χ1v) is 6.24. The number of pyridine rings is 1. The van der Waals surface area contributed by atoms with E-state index in [1.807, 2.05) is 31.4 Å². The molecule has 1 aromatic carbocycles. The van der Waals surface area contributed by atoms with Crippen LogP contribution >= 0.6 is 0 Å². The van der Waals surface area contributed by atoms with Crippen molar-refractivity contribution < 1.29 is 4.39 Å². The van der Waals surface area contributed by atoms with Crippen LogP contribution in [0.15, 0.2) is 42.7 Å². The lowest BCUT2D eigenvalue weighted by molar-refractivity contribution is 0.313. The Morgan fingerprint density at radius 2 is 2.05 bits per heavy atom. The molecule has 2 N–H and O–H groups in total. The predicted molar refractivity (Wildman–Crippen MR) is 73.7 cm³/mol. The van der Waals surface area contributed by atoms with Crippen molar-refractivity contribution in [3.05, 3.63) is 65.2 Å². The second-order valence-corrected chi connectivity index (χ2v) is 4.66. The minimum absolute atomic E-state index is 0.194. The zero-order valence-corrected chi connectivity index (χ0v) is 11.0. The molecule has 0 fully saturated rings. The largest absolute Gasteiger partial charge is 0.326 e. The monoisotopic (exact) mass is 259 g/mol. The van der Waals surface area contributed by atoms with Gasteiger partial charge < -0.3 is 5.73 Å². The van der Waals surface area contributed by atoms with Crippen LogP contribution in [0.2, 0.25) is 0 Å². The Balaban J connectivity index is 2.01. The molecule has 0 aliphatic heterocycles. The lowest BCUT2D eigenvalue weighted by Crippen LogP contribution is -2.18. The molecule has 1 aromatic heterocycles. The Bertz CT molecular complexity index is 528. The number of hydrogen-bond donors (Lipinski definition) is 1. The molecule has 0 aliphatic carbocycles. The average Bonchev–Trinajstić information content (AvgIpc) is 2.42. The van der Waals surface area contributed by atoms with Gasteiger partial charge in [-0.2, -0.15) is 0 Å². The van der Waals surface area contributed by atoms with Gasteiger partial charge in [0, 0.05) is 37.6 Å². The fourth-order valence-corrected chi connectivity index (χ4v) is 2.00. The maximum atomic E-state index is 13.8. The van der Waals surface area contributed by atoms with Gasteiger partial charge in [0.2, 0.25) is 0 Å². The zero-order valence-electron chi connectivity index (χ0n) is 11.0. The summed E-state index contributed by atoms with van der Waals surface area (Å²) in [6, 6.07) is 9.10. The quantitative estimate of drug-likeness (QED) is 0.896. The second kappa shape index (κ2) is 6.41. The van der Waals surface area contributed by atoms with Gasteiger partial charge in [-0.05, 0) is 30.3 Å². The number of nitrogens with two attached hydrogens (primary N) is 1. The molecule has 0 aliphatic rings. The second-order valence-electron chi connectivity index (χ2n) is 4.66. The van der Waals surface area contributed by atoms with E-state index < -0.39 is 0 Å². The summed E-state index contributed by atoms with van der Waals surface area (Å²) < 4.78 is 13.8. The highest BCUT2D eigenvalue weighted by molar-refractivity contribution is 5.24. The van der Waals surface area contributed by atoms with Crippen LogP contribution in [0.25, 0.3) is 0 Å². The molecule has 2 aromatic rings. The summed E-state index contributed by atoms with van der Waals surface area (Å²) in [5.41, 5.74) is 8.10. The molecule has 0 saturated carbocycles. The van der Waals surface area contributed by atoms with Crippen LogP contribution in [0.4, 0.5) is 4.39 Å². The summed E-state index contributed by atoms with van der Waals surface area (Å²) in [7, 11) is 1.96. The first-order chi connectivity index (χ1) is 9.19. The molecule has 2 rings (SSSR count). The minimum Gasteiger partial charge on any atom is -0.326 e. The summed E-state index contributed by atoms with van der Waals surface area (Å²) >= 11 is 0. The van der Waals surface area contributed by atoms with Gasteiger partial charge in [0.05, 0.1) is 0 Å². The number of nitrogens with zero attached hydrogens (tertiary/aromatic N) is 2. The molecule has 3 nitrogen and oxygen atoms in total. The molecular weight excluding hydrogens is 241 g/mol. The van der Waals surface area contributed by atoms with Crippen LogP contribution in [0, 0.1) is 5.82 Å². The predicted octanol–water partition coefficient (Wildman–Crippen LogP) is 2.31. The molecule has 0 atom stereocenters. The van der Waals surface area contributed by atoms with E-state index in [4.69, 9.17) is 5.73 Å². The Labute approximate surface area is 112 Å². The molecule has 0 spiro atoms. The van der Waals surface area contributed by atoms with Crippen LogP contribution in [0.3, 0.4) is 0 Å². The Morgan fingerprint density at radius 1 is 1.21 bits per heavy atom. The van der Waals surface area contributed by atoms with Crippen molar-refractivity contribution in [1.29, 1.82) is 0 Å². The minimum atomic E-state index is -0.194. The number of aromatic nitrogens is 1. The van der Waals surface area contributed by atoms with Gasteiger partial charge in [-0.3, -0.25) is 9.88 Å². The van der Waals surface area contributed by atoms with Crippen molar-refractivity contribution in [2.75, 3.05) is 7.05 Å². The van der Waals surface area contributed by atoms with Crippen molar-refractivity contribution in [3.8, 4) is 0 Å². The third kappa shape index (κ3) is 3.84. The fraction of sp³-hybridized carbons (Fsp3) is 0.267. The van der Waals surface area contributed by atoms with Crippen molar-refractivity contribution in [1.82, 2.24) is 9.88 Å². The van der Waals surface area contributed by atoms with Gasteiger partial charge in [0.15, 0.2) is 0 Å². The number of rotatable bonds is 5. The summed E-state index contributed by atoms with van der Waals surface area (Å²) in [4.78, 5) is 6.12. The first kappa shape index (κ1) is 13.6. The van der Waals surface area contributed by atoms with E-state index in [9.17, 15) is 4.39 Å². The molecule has 0 bridgehead atoms. The van der Waals surface area contributed by atoms with Crippen LogP contribution in [-0.4, -0.2) is 16.9 Å². The molecule has 4 heteroatoms. The van der Waals surface area contributed by atoms with Crippen LogP contribution in [0.1, 0.15) is 16.7 Å². The Morgan fingerprint density at radius 3 is 2.68 bits per heavy atom. The van der Waals surface area contributed by atoms with Gasteiger partial charge in [0.25, 0.3) is 0 Å². The lowest BCUT2D eigenvalue weighted by atomic mass is 10.1. The van der Waals surface area contributed by atoms with Crippen LogP contribution < -0.4 is 5.73 Å². The fourth-order valence-electron chi connectivity index (χ4n) is 2.00. The van der Waals surface area contributed by atoms with Gasteiger partial charge >= 0.3 is 0 Å². The average molecular weight is 259 g/mol. The van der Waals surface area contributed by atoms with Crippen LogP contribution in [-0.2, 0) is 19.6 Å². The van der Waals surface area contributed by atoms with Crippen molar-refractivity contribution in [2.45, 2.75) is 19.6 Å². The van der Waals surface area contributed by atoms with Gasteiger partial charge in [0.1, 0.15) is 5.82 Å². The molecule has 1 heterocycles. The first-order valence-electron chi connectivity index (χ1n) is 6.24. The molecule has 0 saturated heterocycles. The summed E-state index contributed by atoms with van der Waals surface area (Å²) in [6.07, 6.45) is 3.57. The smallest absolute Gasteiger partial charge is 0.128 e. The SMILES string of the molecule is CN(Cc1cccnc1)Cc1ccc(CN)cc1F. The third-order valence-corrected chi connectivity index (χ3v) is 2.97. The Kier molecular flexibility index (Phi) is 4.60. The van der Waals surface area contributed by atoms with Crippen LogP contribution in [0.5, 0.6) is 0 Å². The zero-order chi connectivity index (χ0) is 13.7. The third-order valence-electron chi connectivity index (χ3n) is 2.97. The van der Waals surface area contributed by atoms with E-state index in [2.05, 4.69) is 9.88 Å². The molecule has 0 radical (unpaired) electrons. The van der Waals surface area contributed by atoms with E-state index >= 15 is 0 Å². The van der Waals surface area contributed by atoms with Crippen molar-refractivity contribution >= 4 is 0 Å². The maximum Gasteiger partial charge on any atom is 0.128 e. The van der Waals surface area contributed by atoms with Crippen molar-refractivity contribution in [2.24, 2.45) is 5.73 Å². The molecule has 100 valence electrons. The summed E-state index contributed by atoms with van der Waals surface area (Å²) in [5, 5.41) is 0. The highest BCUT2D eigenvalue weighted by Crippen LogP contribution is 2.13. The van der Waals surface area contributed by atoms with Gasteiger partial charge in [-0.25, -0.2) is 4.39 Å². The van der Waals surface area contributed by atoms with Crippen molar-refractivity contribution in [3.63, 3.8) is 0 Å². The molecule has 0 amide bonds. The standard InChI is InChI=1S/C15H18FN3/c1-19(10-13-3-2-6-18-9-13)11-14-5-4-12(8-17)7-15(14)16/h2-7,9H,8,10-11,17H2,1H3. The number of halogens is 1. The van der Waals surface area contributed by atoms with Gasteiger partial charge in [-0.15, -0.1) is 0 Å².